The van der Waals surface area contributed by atoms with Gasteiger partial charge in [-0.1, -0.05) is 58.0 Å². The van der Waals surface area contributed by atoms with Crippen LogP contribution in [0.25, 0.3) is 0 Å². The zero-order chi connectivity index (χ0) is 70.1. The molecule has 0 aliphatic rings. The van der Waals surface area contributed by atoms with Crippen molar-refractivity contribution >= 4 is 73.9 Å². The molecule has 504 valence electrons. The fourth-order valence-corrected chi connectivity index (χ4v) is 6.99. The SMILES string of the molecule is COc1cc(OC)nc(OC)n1.COc1ccc(C(F)(F)F)cn1.COc1cnccn1.COc1nc(C)cc(C)n1.COc1ncc(Br)cc1Cl.COc1ncc(C(F)(F)F)cc1Cl.COc1ncc(Cl)cc1Cl.COc1nccnc1C.COc1nccnc1Cl. The van der Waals surface area contributed by atoms with Crippen LogP contribution in [0.5, 0.6) is 64.9 Å². The summed E-state index contributed by atoms with van der Waals surface area (Å²) in [6.45, 7) is 5.68. The van der Waals surface area contributed by atoms with Crippen LogP contribution in [-0.4, -0.2) is 148 Å². The smallest absolute Gasteiger partial charge is 0.417 e. The predicted molar refractivity (Wildman–Crippen MR) is 336 cm³/mol. The number of aromatic nitrogens is 14. The Labute approximate surface area is 563 Å². The normalized spacial score (nSPS) is 9.83. The highest BCUT2D eigenvalue weighted by Crippen LogP contribution is 2.33. The maximum Gasteiger partial charge on any atom is 0.417 e. The molecule has 0 aliphatic heterocycles. The van der Waals surface area contributed by atoms with Gasteiger partial charge in [0.25, 0.3) is 5.88 Å². The molecule has 9 aromatic heterocycles. The first-order chi connectivity index (χ1) is 44.1. The summed E-state index contributed by atoms with van der Waals surface area (Å²) < 4.78 is 126. The molecule has 37 heteroatoms. The zero-order valence-electron chi connectivity index (χ0n) is 51.7. The third-order valence-electron chi connectivity index (χ3n) is 9.53. The van der Waals surface area contributed by atoms with Crippen molar-refractivity contribution in [1.82, 2.24) is 69.8 Å². The Kier molecular flexibility index (Phi) is 39.6. The summed E-state index contributed by atoms with van der Waals surface area (Å²) >= 11 is 31.1. The van der Waals surface area contributed by atoms with Gasteiger partial charge in [-0.15, -0.1) is 0 Å². The lowest BCUT2D eigenvalue weighted by molar-refractivity contribution is -0.138. The van der Waals surface area contributed by atoms with Gasteiger partial charge in [-0.05, 0) is 67.0 Å². The molecule has 0 N–H and O–H groups in total. The minimum Gasteiger partial charge on any atom is -0.481 e. The van der Waals surface area contributed by atoms with Crippen molar-refractivity contribution in [3.8, 4) is 64.9 Å². The molecule has 25 nitrogen and oxygen atoms in total. The zero-order valence-corrected chi connectivity index (χ0v) is 57.0. The van der Waals surface area contributed by atoms with Crippen LogP contribution in [0.1, 0.15) is 28.2 Å². The van der Waals surface area contributed by atoms with Gasteiger partial charge < -0.3 is 52.1 Å². The number of halogens is 12. The second-order valence-corrected chi connectivity index (χ2v) is 18.9. The largest absolute Gasteiger partial charge is 0.481 e. The molecule has 9 rings (SSSR count). The Bertz CT molecular complexity index is 3410. The van der Waals surface area contributed by atoms with Crippen LogP contribution in [0.4, 0.5) is 26.3 Å². The summed E-state index contributed by atoms with van der Waals surface area (Å²) in [5, 5.41) is 1.58. The minimum atomic E-state index is -4.43. The van der Waals surface area contributed by atoms with Crippen LogP contribution in [-0.2, 0) is 12.4 Å². The van der Waals surface area contributed by atoms with E-state index in [1.807, 2.05) is 26.8 Å². The lowest BCUT2D eigenvalue weighted by Gasteiger charge is -2.07. The molecule has 0 unspecified atom stereocenters. The summed E-state index contributed by atoms with van der Waals surface area (Å²) in [4.78, 5) is 53.3. The molecule has 9 aromatic rings. The third-order valence-corrected chi connectivity index (χ3v) is 11.2. The first-order valence-electron chi connectivity index (χ1n) is 25.1. The molecular weight excluding hydrogens is 1420 g/mol. The highest BCUT2D eigenvalue weighted by molar-refractivity contribution is 9.10. The van der Waals surface area contributed by atoms with Crippen molar-refractivity contribution < 1.29 is 78.4 Å². The molecule has 0 aliphatic carbocycles. The number of alkyl halides is 6. The molecule has 0 atom stereocenters. The Hall–Kier alpha value is -8.69. The summed E-state index contributed by atoms with van der Waals surface area (Å²) in [5.74, 6) is 3.33. The van der Waals surface area contributed by atoms with E-state index >= 15 is 0 Å². The number of methoxy groups -OCH3 is 11. The number of hydrogen-bond acceptors (Lipinski definition) is 25. The van der Waals surface area contributed by atoms with Crippen LogP contribution in [0, 0.1) is 20.8 Å². The van der Waals surface area contributed by atoms with Gasteiger partial charge in [0.15, 0.2) is 5.15 Å². The molecular formula is C56H60BrCl5F6N14O11. The molecule has 0 amide bonds. The molecule has 93 heavy (non-hydrogen) atoms. The van der Waals surface area contributed by atoms with E-state index in [-0.39, 0.29) is 22.8 Å². The van der Waals surface area contributed by atoms with Crippen LogP contribution in [0.2, 0.25) is 25.2 Å². The monoisotopic (exact) mass is 1470 g/mol. The molecule has 0 saturated carbocycles. The Morgan fingerprint density at radius 2 is 0.796 bits per heavy atom. The van der Waals surface area contributed by atoms with Gasteiger partial charge in [0.2, 0.25) is 47.0 Å². The maximum atomic E-state index is 12.1. The lowest BCUT2D eigenvalue weighted by Crippen LogP contribution is -2.05. The number of pyridine rings is 4. The number of hydrogen-bond donors (Lipinski definition) is 0. The topological polar surface area (TPSA) is 282 Å². The second kappa shape index (κ2) is 44.7. The maximum absolute atomic E-state index is 12.1. The van der Waals surface area contributed by atoms with Gasteiger partial charge in [-0.25, -0.2) is 49.8 Å². The van der Waals surface area contributed by atoms with Crippen molar-refractivity contribution in [3.63, 3.8) is 0 Å². The van der Waals surface area contributed by atoms with Gasteiger partial charge in [-0.3, -0.25) is 9.97 Å². The fourth-order valence-electron chi connectivity index (χ4n) is 5.40. The molecule has 0 bridgehead atoms. The average Bonchev–Trinajstić information content (AvgIpc) is 1.71. The Morgan fingerprint density at radius 3 is 1.17 bits per heavy atom. The molecule has 0 saturated heterocycles. The summed E-state index contributed by atoms with van der Waals surface area (Å²) in [5.41, 5.74) is 1.02. The van der Waals surface area contributed by atoms with Gasteiger partial charge in [0.1, 0.15) is 15.1 Å². The van der Waals surface area contributed by atoms with Gasteiger partial charge in [-0.2, -0.15) is 36.3 Å². The molecule has 0 spiro atoms. The first-order valence-corrected chi connectivity index (χ1v) is 27.8. The predicted octanol–water partition coefficient (Wildman–Crippen LogP) is 13.8. The quantitative estimate of drug-likeness (QED) is 0.109. The van der Waals surface area contributed by atoms with Crippen molar-refractivity contribution in [2.24, 2.45) is 0 Å². The van der Waals surface area contributed by atoms with Crippen LogP contribution < -0.4 is 52.1 Å². The van der Waals surface area contributed by atoms with Crippen molar-refractivity contribution in [2.45, 2.75) is 33.1 Å². The molecule has 0 radical (unpaired) electrons. The molecule has 0 aromatic carbocycles. The molecule has 9 heterocycles. The number of ether oxygens (including phenoxy) is 11. The Balaban J connectivity index is 0.000000525. The first kappa shape index (κ1) is 82.3. The van der Waals surface area contributed by atoms with Crippen LogP contribution >= 0.6 is 73.9 Å². The Morgan fingerprint density at radius 1 is 0.355 bits per heavy atom. The van der Waals surface area contributed by atoms with Crippen molar-refractivity contribution in [2.75, 3.05) is 78.2 Å². The number of nitrogens with zero attached hydrogens (tertiary/aromatic N) is 14. The summed E-state index contributed by atoms with van der Waals surface area (Å²) in [6.07, 6.45) is 6.75. The highest BCUT2D eigenvalue weighted by Gasteiger charge is 2.32. The van der Waals surface area contributed by atoms with Gasteiger partial charge >= 0.3 is 24.4 Å². The average molecular weight is 1480 g/mol. The summed E-state index contributed by atoms with van der Waals surface area (Å²) in [6, 6.07) is 10.3. The van der Waals surface area contributed by atoms with E-state index in [2.05, 4.69) is 95.2 Å². The van der Waals surface area contributed by atoms with E-state index in [0.29, 0.717) is 73.6 Å². The van der Waals surface area contributed by atoms with Crippen LogP contribution in [0.3, 0.4) is 0 Å². The van der Waals surface area contributed by atoms with Crippen LogP contribution in [0.15, 0.2) is 115 Å². The third kappa shape index (κ3) is 33.5. The van der Waals surface area contributed by atoms with E-state index in [4.69, 9.17) is 101 Å². The van der Waals surface area contributed by atoms with Gasteiger partial charge in [0, 0.05) is 83.9 Å². The minimum absolute atomic E-state index is 0.0188. The standard InChI is InChI=1S/C7H5ClF3NO.C7H6F3NO.C7H10N2O3.C7H10N2O.C6H5BrClNO.C6H5Cl2NO.C6H8N2O.C5H5ClN2O.C5H6N2O/c1-13-6-5(8)2-4(3-12-6)7(9,10)11;1-12-6-3-2-5(4-11-6)7(8,9)10;1-10-5-4-6(11-2)9-7(8-5)12-3;1-5-4-6(2)9-7(8-5)10-3;2*1-10-6-5(8)2-4(7)3-9-6;1-5-6(9-2)8-4-3-7-5;1-9-5-4(6)7-2-3-8-5;1-8-5-4-6-2-3-7-5/h2-3H,1H3;2-4H,1H3;4H,1-3H3;4H,1-3H3;2*2-3H,1H3;3-4H,1-2H3;2-3H,1H3;2-4H,1H3. The summed E-state index contributed by atoms with van der Waals surface area (Å²) in [7, 11) is 16.4. The number of aryl methyl sites for hydroxylation is 3. The molecule has 0 fully saturated rings. The van der Waals surface area contributed by atoms with E-state index in [0.717, 1.165) is 39.9 Å². The van der Waals surface area contributed by atoms with E-state index in [1.165, 1.54) is 81.5 Å². The number of rotatable bonds is 11. The van der Waals surface area contributed by atoms with E-state index in [9.17, 15) is 26.3 Å². The van der Waals surface area contributed by atoms with E-state index < -0.39 is 23.5 Å². The van der Waals surface area contributed by atoms with Gasteiger partial charge in [0.05, 0.1) is 112 Å². The fraction of sp³-hybridized carbons (Fsp3) is 0.286. The lowest BCUT2D eigenvalue weighted by atomic mass is 10.3. The second-order valence-electron chi connectivity index (χ2n) is 15.9. The van der Waals surface area contributed by atoms with Crippen molar-refractivity contribution in [1.29, 1.82) is 0 Å². The van der Waals surface area contributed by atoms with E-state index in [1.54, 1.807) is 76.7 Å². The van der Waals surface area contributed by atoms with Crippen molar-refractivity contribution in [3.05, 3.63) is 169 Å². The highest BCUT2D eigenvalue weighted by atomic mass is 79.9.